The molecule has 1 heterocycles. The first-order chi connectivity index (χ1) is 14.9. The average molecular weight is 406 g/mol. The van der Waals surface area contributed by atoms with Gasteiger partial charge in [0.05, 0.1) is 0 Å². The van der Waals surface area contributed by atoms with Crippen LogP contribution in [0.2, 0.25) is 0 Å². The summed E-state index contributed by atoms with van der Waals surface area (Å²) >= 11 is 0. The van der Waals surface area contributed by atoms with Crippen molar-refractivity contribution in [3.63, 3.8) is 0 Å². The van der Waals surface area contributed by atoms with Gasteiger partial charge in [0.2, 0.25) is 8.01 Å². The summed E-state index contributed by atoms with van der Waals surface area (Å²) in [5.74, 6) is 0. The van der Waals surface area contributed by atoms with E-state index in [0.717, 1.165) is 21.9 Å². The number of allylic oxidation sites excluding steroid dienone is 4. The number of fused-ring (bicyclic) bond motifs is 4. The zero-order valence-electron chi connectivity index (χ0n) is 16.2. The van der Waals surface area contributed by atoms with Crippen molar-refractivity contribution in [1.29, 1.82) is 0 Å². The first kappa shape index (κ1) is 17.4. The van der Waals surface area contributed by atoms with Crippen LogP contribution in [0, 0.1) is 0 Å². The van der Waals surface area contributed by atoms with E-state index in [0.29, 0.717) is 0 Å². The lowest BCUT2D eigenvalue weighted by Gasteiger charge is -2.14. The van der Waals surface area contributed by atoms with Crippen LogP contribution in [0.5, 0.6) is 0 Å². The molecule has 2 nitrogen and oxygen atoms in total. The molecule has 5 aromatic rings. The van der Waals surface area contributed by atoms with Gasteiger partial charge in [0.1, 0.15) is 16.8 Å². The summed E-state index contributed by atoms with van der Waals surface area (Å²) < 4.78 is 13.1. The molecule has 0 N–H and O–H groups in total. The third-order valence-corrected chi connectivity index (χ3v) is 7.31. The SMILES string of the molecule is C1=CC(p2oc3ccccc3c3ccccc3o2)C(c2cccc3ccccc23)=C1. The Hall–Kier alpha value is -3.48. The van der Waals surface area contributed by atoms with Crippen LogP contribution in [0.1, 0.15) is 11.2 Å². The van der Waals surface area contributed by atoms with Gasteiger partial charge in [-0.1, -0.05) is 97.1 Å². The van der Waals surface area contributed by atoms with Gasteiger partial charge in [-0.05, 0) is 34.0 Å². The molecular formula is C27H19O2P. The van der Waals surface area contributed by atoms with Gasteiger partial charge >= 0.3 is 0 Å². The molecule has 0 radical (unpaired) electrons. The summed E-state index contributed by atoms with van der Waals surface area (Å²) in [6.45, 7) is 0. The monoisotopic (exact) mass is 406 g/mol. The van der Waals surface area contributed by atoms with Gasteiger partial charge in [-0.2, -0.15) is 0 Å². The van der Waals surface area contributed by atoms with E-state index in [4.69, 9.17) is 8.39 Å². The lowest BCUT2D eigenvalue weighted by molar-refractivity contribution is 0.635. The molecule has 0 spiro atoms. The van der Waals surface area contributed by atoms with Gasteiger partial charge < -0.3 is 8.39 Å². The minimum Gasteiger partial charge on any atom is -0.418 e. The summed E-state index contributed by atoms with van der Waals surface area (Å²) in [7, 11) is -1.25. The molecule has 1 atom stereocenters. The molecule has 0 amide bonds. The molecule has 144 valence electrons. The number of hydrogen-bond acceptors (Lipinski definition) is 2. The number of benzene rings is 4. The molecule has 0 fully saturated rings. The van der Waals surface area contributed by atoms with E-state index in [9.17, 15) is 0 Å². The number of hydrogen-bond donors (Lipinski definition) is 0. The molecule has 0 aliphatic heterocycles. The van der Waals surface area contributed by atoms with Crippen LogP contribution in [0.3, 0.4) is 0 Å². The summed E-state index contributed by atoms with van der Waals surface area (Å²) in [6.07, 6.45) is 6.53. The van der Waals surface area contributed by atoms with Crippen LogP contribution >= 0.6 is 8.01 Å². The van der Waals surface area contributed by atoms with Crippen LogP contribution in [-0.2, 0) is 0 Å². The van der Waals surface area contributed by atoms with Crippen molar-refractivity contribution in [2.24, 2.45) is 0 Å². The van der Waals surface area contributed by atoms with E-state index in [1.54, 1.807) is 0 Å². The summed E-state index contributed by atoms with van der Waals surface area (Å²) in [4.78, 5) is 0. The van der Waals surface area contributed by atoms with E-state index < -0.39 is 8.01 Å². The zero-order chi connectivity index (χ0) is 19.9. The Morgan fingerprint density at radius 2 is 1.20 bits per heavy atom. The van der Waals surface area contributed by atoms with Crippen LogP contribution in [0.15, 0.2) is 118 Å². The highest BCUT2D eigenvalue weighted by Gasteiger charge is 2.24. The second-order valence-electron chi connectivity index (χ2n) is 7.44. The third-order valence-electron chi connectivity index (χ3n) is 5.66. The second-order valence-corrected chi connectivity index (χ2v) is 8.93. The van der Waals surface area contributed by atoms with Crippen LogP contribution in [-0.4, -0.2) is 0 Å². The van der Waals surface area contributed by atoms with Crippen LogP contribution in [0.25, 0.3) is 38.3 Å². The highest BCUT2D eigenvalue weighted by Crippen LogP contribution is 2.52. The molecule has 1 aromatic heterocycles. The smallest absolute Gasteiger partial charge is 0.228 e. The highest BCUT2D eigenvalue weighted by atomic mass is 31.1. The predicted molar refractivity (Wildman–Crippen MR) is 126 cm³/mol. The third kappa shape index (κ3) is 2.81. The number of para-hydroxylation sites is 2. The van der Waals surface area contributed by atoms with Crippen molar-refractivity contribution >= 4 is 46.3 Å². The molecule has 1 unspecified atom stereocenters. The van der Waals surface area contributed by atoms with Crippen LogP contribution < -0.4 is 0 Å². The summed E-state index contributed by atoms with van der Waals surface area (Å²) in [5.41, 5.74) is 4.31. The normalized spacial score (nSPS) is 15.7. The minimum atomic E-state index is -1.25. The fourth-order valence-corrected chi connectivity index (χ4v) is 5.90. The molecule has 0 saturated heterocycles. The Bertz CT molecular complexity index is 1440. The molecule has 4 aromatic carbocycles. The highest BCUT2D eigenvalue weighted by molar-refractivity contribution is 7.38. The van der Waals surface area contributed by atoms with E-state index in [1.807, 2.05) is 36.4 Å². The summed E-state index contributed by atoms with van der Waals surface area (Å²) in [5, 5.41) is 4.66. The Kier molecular flexibility index (Phi) is 4.11. The average Bonchev–Trinajstić information content (AvgIpc) is 3.22. The Morgan fingerprint density at radius 3 is 1.93 bits per heavy atom. The molecule has 0 bridgehead atoms. The van der Waals surface area contributed by atoms with Crippen LogP contribution in [0.4, 0.5) is 0 Å². The lowest BCUT2D eigenvalue weighted by atomic mass is 9.97. The largest absolute Gasteiger partial charge is 0.418 e. The topological polar surface area (TPSA) is 26.3 Å². The Labute approximate surface area is 175 Å². The Balaban J connectivity index is 1.60. The molecular weight excluding hydrogens is 387 g/mol. The van der Waals surface area contributed by atoms with Crippen molar-refractivity contribution in [2.45, 2.75) is 5.66 Å². The molecule has 3 heteroatoms. The van der Waals surface area contributed by atoms with Crippen molar-refractivity contribution < 1.29 is 8.39 Å². The van der Waals surface area contributed by atoms with Gasteiger partial charge in [0.25, 0.3) is 0 Å². The van der Waals surface area contributed by atoms with Crippen molar-refractivity contribution in [3.8, 4) is 0 Å². The molecule has 1 aliphatic carbocycles. The van der Waals surface area contributed by atoms with Crippen molar-refractivity contribution in [3.05, 3.63) is 115 Å². The number of rotatable bonds is 2. The quantitative estimate of drug-likeness (QED) is 0.293. The van der Waals surface area contributed by atoms with Gasteiger partial charge in [0.15, 0.2) is 0 Å². The van der Waals surface area contributed by atoms with Crippen molar-refractivity contribution in [2.75, 3.05) is 0 Å². The van der Waals surface area contributed by atoms with Gasteiger partial charge in [-0.25, -0.2) is 0 Å². The fraction of sp³-hybridized carbons (Fsp3) is 0.0370. The molecule has 30 heavy (non-hydrogen) atoms. The predicted octanol–water partition coefficient (Wildman–Crippen LogP) is 8.64. The van der Waals surface area contributed by atoms with Gasteiger partial charge in [-0.15, -0.1) is 0 Å². The second kappa shape index (κ2) is 7.09. The first-order valence-electron chi connectivity index (χ1n) is 10.1. The maximum absolute atomic E-state index is 6.54. The maximum Gasteiger partial charge on any atom is 0.228 e. The van der Waals surface area contributed by atoms with E-state index >= 15 is 0 Å². The van der Waals surface area contributed by atoms with Crippen molar-refractivity contribution in [1.82, 2.24) is 0 Å². The molecule has 1 aliphatic rings. The minimum absolute atomic E-state index is 0.0602. The summed E-state index contributed by atoms with van der Waals surface area (Å²) in [6, 6.07) is 31.4. The van der Waals surface area contributed by atoms with E-state index in [2.05, 4.69) is 72.8 Å². The lowest BCUT2D eigenvalue weighted by Crippen LogP contribution is -1.90. The maximum atomic E-state index is 6.54. The fourth-order valence-electron chi connectivity index (χ4n) is 4.24. The molecule has 0 saturated carbocycles. The van der Waals surface area contributed by atoms with E-state index in [1.165, 1.54) is 21.9 Å². The zero-order valence-corrected chi connectivity index (χ0v) is 17.1. The van der Waals surface area contributed by atoms with E-state index in [-0.39, 0.29) is 5.66 Å². The first-order valence-corrected chi connectivity index (χ1v) is 11.3. The Morgan fingerprint density at radius 1 is 0.600 bits per heavy atom. The molecule has 6 rings (SSSR count). The van der Waals surface area contributed by atoms with Gasteiger partial charge in [-0.3, -0.25) is 0 Å². The standard InChI is InChI=1S/C27H19O2P/c1-2-11-20-19(9-1)10-7-14-21(20)24-15-8-18-27(24)30-28-25-16-5-3-12-22(25)23-13-4-6-17-26(23)29-30/h1-18,27H. The van der Waals surface area contributed by atoms with Gasteiger partial charge in [0, 0.05) is 10.8 Å².